The maximum Gasteiger partial charge on any atom is 0.270 e. The van der Waals surface area contributed by atoms with Gasteiger partial charge in [0.05, 0.1) is 23.1 Å². The molecule has 0 saturated carbocycles. The van der Waals surface area contributed by atoms with Crippen LogP contribution in [0.25, 0.3) is 0 Å². The van der Waals surface area contributed by atoms with Gasteiger partial charge in [0, 0.05) is 35.4 Å². The zero-order chi connectivity index (χ0) is 27.1. The van der Waals surface area contributed by atoms with Crippen LogP contribution in [0.5, 0.6) is 11.5 Å². The second kappa shape index (κ2) is 11.6. The van der Waals surface area contributed by atoms with E-state index in [0.717, 1.165) is 12.1 Å². The molecule has 3 rings (SSSR count). The van der Waals surface area contributed by atoms with Gasteiger partial charge in [0.15, 0.2) is 11.5 Å². The number of benzene rings is 3. The summed E-state index contributed by atoms with van der Waals surface area (Å²) < 4.78 is 11.1. The van der Waals surface area contributed by atoms with Crippen molar-refractivity contribution in [2.45, 2.75) is 26.1 Å². The van der Waals surface area contributed by atoms with E-state index in [2.05, 4.69) is 10.6 Å². The highest BCUT2D eigenvalue weighted by Crippen LogP contribution is 2.31. The Hall–Kier alpha value is -5.00. The van der Waals surface area contributed by atoms with Gasteiger partial charge in [-0.05, 0) is 43.7 Å². The van der Waals surface area contributed by atoms with Crippen molar-refractivity contribution in [1.29, 1.82) is 0 Å². The van der Waals surface area contributed by atoms with Crippen LogP contribution in [0.3, 0.4) is 0 Å². The molecule has 0 unspecified atom stereocenters. The standard InChI is InChI=1S/C25H24N4O8/c1-15(2)37-21-11-10-16(14-22(21)36-3)23(26-24(30)17-6-4-8-19(12-17)28(32)33)27-25(31)18-7-5-9-20(13-18)29(34)35/h4-15,23H,1-3H3,(H,26,30)(H,27,31). The minimum atomic E-state index is -1.14. The van der Waals surface area contributed by atoms with E-state index in [-0.39, 0.29) is 28.6 Å². The van der Waals surface area contributed by atoms with Crippen molar-refractivity contribution >= 4 is 23.2 Å². The topological polar surface area (TPSA) is 163 Å². The molecule has 0 heterocycles. The summed E-state index contributed by atoms with van der Waals surface area (Å²) in [6, 6.07) is 15.0. The van der Waals surface area contributed by atoms with Gasteiger partial charge in [-0.1, -0.05) is 18.2 Å². The van der Waals surface area contributed by atoms with Gasteiger partial charge in [-0.3, -0.25) is 29.8 Å². The van der Waals surface area contributed by atoms with Gasteiger partial charge in [-0.2, -0.15) is 0 Å². The lowest BCUT2D eigenvalue weighted by atomic mass is 10.1. The quantitative estimate of drug-likeness (QED) is 0.234. The lowest BCUT2D eigenvalue weighted by molar-refractivity contribution is -0.385. The van der Waals surface area contributed by atoms with Gasteiger partial charge in [0.25, 0.3) is 23.2 Å². The van der Waals surface area contributed by atoms with Crippen LogP contribution in [0, 0.1) is 20.2 Å². The first-order valence-corrected chi connectivity index (χ1v) is 11.0. The molecule has 0 aromatic heterocycles. The molecule has 0 bridgehead atoms. The van der Waals surface area contributed by atoms with Crippen molar-refractivity contribution in [2.24, 2.45) is 0 Å². The van der Waals surface area contributed by atoms with Crippen molar-refractivity contribution in [2.75, 3.05) is 7.11 Å². The first-order chi connectivity index (χ1) is 17.6. The minimum absolute atomic E-state index is 0.00414. The summed E-state index contributed by atoms with van der Waals surface area (Å²) in [5, 5.41) is 27.5. The first kappa shape index (κ1) is 26.6. The van der Waals surface area contributed by atoms with Crippen LogP contribution in [0.2, 0.25) is 0 Å². The molecule has 0 aliphatic rings. The molecule has 12 nitrogen and oxygen atoms in total. The number of hydrogen-bond acceptors (Lipinski definition) is 8. The van der Waals surface area contributed by atoms with Crippen LogP contribution in [-0.2, 0) is 0 Å². The number of nitro benzene ring substituents is 2. The van der Waals surface area contributed by atoms with E-state index >= 15 is 0 Å². The Kier molecular flexibility index (Phi) is 8.35. The number of nitro groups is 2. The van der Waals surface area contributed by atoms with E-state index in [1.807, 2.05) is 13.8 Å². The summed E-state index contributed by atoms with van der Waals surface area (Å²) in [7, 11) is 1.44. The Balaban J connectivity index is 1.97. The predicted molar refractivity (Wildman–Crippen MR) is 133 cm³/mol. The smallest absolute Gasteiger partial charge is 0.270 e. The van der Waals surface area contributed by atoms with Crippen LogP contribution < -0.4 is 20.1 Å². The molecule has 0 radical (unpaired) electrons. The molecule has 0 fully saturated rings. The van der Waals surface area contributed by atoms with Gasteiger partial charge in [0.2, 0.25) is 0 Å². The summed E-state index contributed by atoms with van der Waals surface area (Å²) in [6.45, 7) is 3.68. The number of carbonyl (C=O) groups excluding carboxylic acids is 2. The summed E-state index contributed by atoms with van der Waals surface area (Å²) in [5.74, 6) is -0.621. The molecule has 0 spiro atoms. The van der Waals surface area contributed by atoms with E-state index in [4.69, 9.17) is 9.47 Å². The molecule has 37 heavy (non-hydrogen) atoms. The zero-order valence-electron chi connectivity index (χ0n) is 20.2. The number of carbonyl (C=O) groups is 2. The summed E-state index contributed by atoms with van der Waals surface area (Å²) in [5.41, 5.74) is -0.167. The van der Waals surface area contributed by atoms with Gasteiger partial charge >= 0.3 is 0 Å². The number of ether oxygens (including phenoxy) is 2. The van der Waals surface area contributed by atoms with E-state index in [1.54, 1.807) is 18.2 Å². The fourth-order valence-corrected chi connectivity index (χ4v) is 3.37. The maximum atomic E-state index is 13.0. The molecule has 3 aromatic rings. The average Bonchev–Trinajstić information content (AvgIpc) is 2.88. The van der Waals surface area contributed by atoms with Gasteiger partial charge in [-0.15, -0.1) is 0 Å². The van der Waals surface area contributed by atoms with Gasteiger partial charge < -0.3 is 20.1 Å². The van der Waals surface area contributed by atoms with Crippen LogP contribution >= 0.6 is 0 Å². The van der Waals surface area contributed by atoms with Gasteiger partial charge in [0.1, 0.15) is 6.17 Å². The monoisotopic (exact) mass is 508 g/mol. The Labute approximate surface area is 211 Å². The van der Waals surface area contributed by atoms with Gasteiger partial charge in [-0.25, -0.2) is 0 Å². The predicted octanol–water partition coefficient (Wildman–Crippen LogP) is 4.16. The van der Waals surface area contributed by atoms with E-state index in [1.165, 1.54) is 43.5 Å². The van der Waals surface area contributed by atoms with Crippen LogP contribution in [-0.4, -0.2) is 34.9 Å². The average molecular weight is 508 g/mol. The molecule has 192 valence electrons. The van der Waals surface area contributed by atoms with Crippen molar-refractivity contribution in [3.63, 3.8) is 0 Å². The molecular formula is C25H24N4O8. The lowest BCUT2D eigenvalue weighted by Crippen LogP contribution is -2.41. The molecule has 3 aromatic carbocycles. The highest BCUT2D eigenvalue weighted by atomic mass is 16.6. The maximum absolute atomic E-state index is 13.0. The van der Waals surface area contributed by atoms with Crippen molar-refractivity contribution in [3.8, 4) is 11.5 Å². The number of hydrogen-bond donors (Lipinski definition) is 2. The number of amides is 2. The van der Waals surface area contributed by atoms with Crippen molar-refractivity contribution in [3.05, 3.63) is 104 Å². The van der Waals surface area contributed by atoms with Crippen molar-refractivity contribution < 1.29 is 28.9 Å². The Morgan fingerprint density at radius 3 is 1.73 bits per heavy atom. The first-order valence-electron chi connectivity index (χ1n) is 11.0. The fraction of sp³-hybridized carbons (Fsp3) is 0.200. The molecule has 12 heteroatoms. The Bertz CT molecular complexity index is 1270. The number of methoxy groups -OCH3 is 1. The molecule has 0 aliphatic heterocycles. The lowest BCUT2D eigenvalue weighted by Gasteiger charge is -2.22. The van der Waals surface area contributed by atoms with Crippen LogP contribution in [0.15, 0.2) is 66.7 Å². The third-order valence-electron chi connectivity index (χ3n) is 5.07. The number of nitrogens with zero attached hydrogens (tertiary/aromatic N) is 2. The molecule has 2 amide bonds. The number of nitrogens with one attached hydrogen (secondary N) is 2. The highest BCUT2D eigenvalue weighted by Gasteiger charge is 2.23. The number of non-ortho nitro benzene ring substituents is 2. The van der Waals surface area contributed by atoms with E-state index in [0.29, 0.717) is 17.1 Å². The second-order valence-corrected chi connectivity index (χ2v) is 8.07. The Morgan fingerprint density at radius 2 is 1.30 bits per heavy atom. The molecule has 2 N–H and O–H groups in total. The van der Waals surface area contributed by atoms with E-state index < -0.39 is 27.8 Å². The largest absolute Gasteiger partial charge is 0.493 e. The molecular weight excluding hydrogens is 484 g/mol. The third-order valence-corrected chi connectivity index (χ3v) is 5.07. The minimum Gasteiger partial charge on any atom is -0.493 e. The molecule has 0 atom stereocenters. The van der Waals surface area contributed by atoms with Crippen LogP contribution in [0.4, 0.5) is 11.4 Å². The summed E-state index contributed by atoms with van der Waals surface area (Å²) in [4.78, 5) is 47.0. The highest BCUT2D eigenvalue weighted by molar-refractivity contribution is 5.97. The fourth-order valence-electron chi connectivity index (χ4n) is 3.37. The van der Waals surface area contributed by atoms with E-state index in [9.17, 15) is 29.8 Å². The second-order valence-electron chi connectivity index (χ2n) is 8.07. The SMILES string of the molecule is COc1cc(C(NC(=O)c2cccc([N+](=O)[O-])c2)NC(=O)c2cccc([N+](=O)[O-])c2)ccc1OC(C)C. The van der Waals surface area contributed by atoms with Crippen LogP contribution in [0.1, 0.15) is 46.3 Å². The summed E-state index contributed by atoms with van der Waals surface area (Å²) in [6.07, 6.45) is -1.28. The third kappa shape index (κ3) is 6.78. The molecule has 0 saturated heterocycles. The number of rotatable bonds is 10. The molecule has 0 aliphatic carbocycles. The Morgan fingerprint density at radius 1 is 0.784 bits per heavy atom. The summed E-state index contributed by atoms with van der Waals surface area (Å²) >= 11 is 0. The van der Waals surface area contributed by atoms with Crippen molar-refractivity contribution in [1.82, 2.24) is 10.6 Å². The normalized spacial score (nSPS) is 10.6. The zero-order valence-corrected chi connectivity index (χ0v) is 20.2.